The molecule has 7 heteroatoms. The summed E-state index contributed by atoms with van der Waals surface area (Å²) in [6, 6.07) is 10.7. The normalized spacial score (nSPS) is 15.3. The van der Waals surface area contributed by atoms with Gasteiger partial charge in [0.15, 0.2) is 11.5 Å². The largest absolute Gasteiger partial charge is 0.490 e. The molecule has 1 aromatic carbocycles. The summed E-state index contributed by atoms with van der Waals surface area (Å²) in [7, 11) is 0. The number of hydrogen-bond acceptors (Lipinski definition) is 6. The fourth-order valence-electron chi connectivity index (χ4n) is 3.33. The number of hydrogen-bond donors (Lipinski definition) is 0. The van der Waals surface area contributed by atoms with Crippen LogP contribution in [0.5, 0.6) is 11.5 Å². The van der Waals surface area contributed by atoms with E-state index in [2.05, 4.69) is 6.92 Å². The molecule has 0 bridgehead atoms. The lowest BCUT2D eigenvalue weighted by Crippen LogP contribution is -2.42. The van der Waals surface area contributed by atoms with Crippen molar-refractivity contribution in [1.29, 1.82) is 5.26 Å². The zero-order valence-electron chi connectivity index (χ0n) is 18.5. The van der Waals surface area contributed by atoms with Gasteiger partial charge in [-0.3, -0.25) is 14.5 Å². The van der Waals surface area contributed by atoms with Gasteiger partial charge in [-0.2, -0.15) is 5.26 Å². The zero-order chi connectivity index (χ0) is 23.1. The number of imide groups is 1. The summed E-state index contributed by atoms with van der Waals surface area (Å²) in [4.78, 5) is 26.9. The van der Waals surface area contributed by atoms with Crippen molar-refractivity contribution in [2.24, 2.45) is 0 Å². The van der Waals surface area contributed by atoms with E-state index in [4.69, 9.17) is 13.9 Å². The molecule has 2 amide bonds. The number of unbranched alkanes of at least 4 members (excludes halogenated alkanes) is 1. The topological polar surface area (TPSA) is 92.8 Å². The highest BCUT2D eigenvalue weighted by molar-refractivity contribution is 6.19. The Morgan fingerprint density at radius 2 is 1.94 bits per heavy atom. The van der Waals surface area contributed by atoms with Crippen LogP contribution in [0.15, 0.2) is 57.7 Å². The molecule has 0 N–H and O–H groups in total. The molecule has 0 spiro atoms. The summed E-state index contributed by atoms with van der Waals surface area (Å²) in [5.41, 5.74) is 1.25. The molecular weight excluding hydrogens is 408 g/mol. The van der Waals surface area contributed by atoms with Gasteiger partial charge < -0.3 is 13.9 Å². The van der Waals surface area contributed by atoms with Gasteiger partial charge >= 0.3 is 0 Å². The van der Waals surface area contributed by atoms with Crippen LogP contribution in [0.25, 0.3) is 6.08 Å². The van der Waals surface area contributed by atoms with Crippen molar-refractivity contribution in [3.05, 3.63) is 64.6 Å². The Bertz CT molecular complexity index is 1090. The molecule has 0 saturated carbocycles. The van der Waals surface area contributed by atoms with Gasteiger partial charge in [-0.25, -0.2) is 0 Å². The Hall–Kier alpha value is -3.79. The fraction of sp³-hybridized carbons (Fsp3) is 0.320. The summed E-state index contributed by atoms with van der Waals surface area (Å²) in [5.74, 6) is 0.557. The third kappa shape index (κ3) is 4.92. The number of carbonyl (C=O) groups excluding carboxylic acids is 2. The number of rotatable bonds is 9. The summed E-state index contributed by atoms with van der Waals surface area (Å²) in [6.45, 7) is 6.59. The lowest BCUT2D eigenvalue weighted by molar-refractivity contribution is -0.141. The number of benzene rings is 1. The van der Waals surface area contributed by atoms with Crippen LogP contribution in [-0.2, 0) is 16.1 Å². The van der Waals surface area contributed by atoms with Gasteiger partial charge in [-0.1, -0.05) is 19.4 Å². The Morgan fingerprint density at radius 1 is 1.12 bits per heavy atom. The second kappa shape index (κ2) is 10.5. The summed E-state index contributed by atoms with van der Waals surface area (Å²) < 4.78 is 16.8. The van der Waals surface area contributed by atoms with Gasteiger partial charge in [0.1, 0.15) is 17.4 Å². The quantitative estimate of drug-likeness (QED) is 0.324. The lowest BCUT2D eigenvalue weighted by atomic mass is 9.93. The van der Waals surface area contributed by atoms with E-state index in [1.807, 2.05) is 19.1 Å². The molecule has 32 heavy (non-hydrogen) atoms. The van der Waals surface area contributed by atoms with Crippen LogP contribution in [0.1, 0.15) is 44.9 Å². The van der Waals surface area contributed by atoms with Crippen LogP contribution < -0.4 is 9.47 Å². The maximum absolute atomic E-state index is 13.2. The van der Waals surface area contributed by atoms with Crippen LogP contribution >= 0.6 is 0 Å². The highest BCUT2D eigenvalue weighted by atomic mass is 16.5. The highest BCUT2D eigenvalue weighted by Crippen LogP contribution is 2.32. The molecule has 3 rings (SSSR count). The highest BCUT2D eigenvalue weighted by Gasteiger charge is 2.35. The molecule has 1 aliphatic rings. The van der Waals surface area contributed by atoms with Gasteiger partial charge in [0.25, 0.3) is 11.8 Å². The molecule has 1 aliphatic heterocycles. The summed E-state index contributed by atoms with van der Waals surface area (Å²) in [6.07, 6.45) is 5.09. The Morgan fingerprint density at radius 3 is 2.59 bits per heavy atom. The van der Waals surface area contributed by atoms with E-state index in [0.29, 0.717) is 41.6 Å². The van der Waals surface area contributed by atoms with Crippen molar-refractivity contribution < 1.29 is 23.5 Å². The van der Waals surface area contributed by atoms with Crippen LogP contribution in [0.3, 0.4) is 0 Å². The third-order valence-electron chi connectivity index (χ3n) is 5.05. The smallest absolute Gasteiger partial charge is 0.272 e. The van der Waals surface area contributed by atoms with E-state index in [1.165, 1.54) is 6.26 Å². The second-order valence-corrected chi connectivity index (χ2v) is 7.29. The first kappa shape index (κ1) is 22.9. The molecule has 0 fully saturated rings. The van der Waals surface area contributed by atoms with Gasteiger partial charge in [0.2, 0.25) is 0 Å². The molecule has 7 nitrogen and oxygen atoms in total. The molecule has 0 aliphatic carbocycles. The molecule has 2 heterocycles. The van der Waals surface area contributed by atoms with Crippen molar-refractivity contribution in [3.8, 4) is 17.6 Å². The van der Waals surface area contributed by atoms with Gasteiger partial charge in [0.05, 0.1) is 26.0 Å². The zero-order valence-corrected chi connectivity index (χ0v) is 18.5. The van der Waals surface area contributed by atoms with E-state index < -0.39 is 11.8 Å². The first-order chi connectivity index (χ1) is 15.5. The number of nitriles is 1. The van der Waals surface area contributed by atoms with E-state index in [-0.39, 0.29) is 17.7 Å². The Labute approximate surface area is 187 Å². The van der Waals surface area contributed by atoms with E-state index in [9.17, 15) is 14.9 Å². The molecule has 2 aromatic rings. The van der Waals surface area contributed by atoms with E-state index in [0.717, 1.165) is 17.7 Å². The summed E-state index contributed by atoms with van der Waals surface area (Å²) >= 11 is 0. The van der Waals surface area contributed by atoms with Crippen molar-refractivity contribution in [2.45, 2.75) is 40.2 Å². The van der Waals surface area contributed by atoms with Gasteiger partial charge in [-0.15, -0.1) is 0 Å². The fourth-order valence-corrected chi connectivity index (χ4v) is 3.33. The Kier molecular flexibility index (Phi) is 7.50. The number of furan rings is 1. The maximum Gasteiger partial charge on any atom is 0.272 e. The monoisotopic (exact) mass is 434 g/mol. The number of ether oxygens (including phenoxy) is 2. The van der Waals surface area contributed by atoms with Crippen molar-refractivity contribution in [1.82, 2.24) is 4.90 Å². The van der Waals surface area contributed by atoms with Gasteiger partial charge in [0, 0.05) is 5.57 Å². The first-order valence-electron chi connectivity index (χ1n) is 10.6. The Balaban J connectivity index is 1.98. The predicted octanol–water partition coefficient (Wildman–Crippen LogP) is 4.65. The van der Waals surface area contributed by atoms with E-state index >= 15 is 0 Å². The minimum atomic E-state index is -0.627. The standard InChI is InChI=1S/C25H26N2O5/c1-4-6-11-32-22-10-9-18(14-23(22)30-5-2)13-20-17(3)21(15-26)25(29)27(24(20)28)16-19-8-7-12-31-19/h7-10,12-14H,4-6,11,16H2,1-3H3/b20-13+. The number of amides is 2. The average molecular weight is 434 g/mol. The van der Waals surface area contributed by atoms with Crippen LogP contribution in [0, 0.1) is 11.3 Å². The first-order valence-corrected chi connectivity index (χ1v) is 10.6. The molecule has 0 saturated heterocycles. The molecule has 0 radical (unpaired) electrons. The third-order valence-corrected chi connectivity index (χ3v) is 5.05. The second-order valence-electron chi connectivity index (χ2n) is 7.29. The lowest BCUT2D eigenvalue weighted by Gasteiger charge is -2.26. The van der Waals surface area contributed by atoms with Crippen molar-refractivity contribution in [3.63, 3.8) is 0 Å². The van der Waals surface area contributed by atoms with Gasteiger partial charge in [-0.05, 0) is 61.7 Å². The average Bonchev–Trinajstić information content (AvgIpc) is 3.30. The van der Waals surface area contributed by atoms with Crippen molar-refractivity contribution in [2.75, 3.05) is 13.2 Å². The van der Waals surface area contributed by atoms with Crippen LogP contribution in [-0.4, -0.2) is 29.9 Å². The minimum absolute atomic E-state index is 0.0468. The van der Waals surface area contributed by atoms with Crippen molar-refractivity contribution >= 4 is 17.9 Å². The molecule has 0 atom stereocenters. The number of nitrogens with zero attached hydrogens (tertiary/aromatic N) is 2. The molecule has 166 valence electrons. The maximum atomic E-state index is 13.2. The SMILES string of the molecule is CCCCOc1ccc(/C=C2/C(=O)N(Cc3ccco3)C(=O)C(C#N)=C2C)cc1OCC. The van der Waals surface area contributed by atoms with E-state index in [1.54, 1.807) is 37.3 Å². The molecule has 1 aromatic heterocycles. The minimum Gasteiger partial charge on any atom is -0.490 e. The summed E-state index contributed by atoms with van der Waals surface area (Å²) in [5, 5.41) is 9.55. The van der Waals surface area contributed by atoms with Crippen LogP contribution in [0.2, 0.25) is 0 Å². The predicted molar refractivity (Wildman–Crippen MR) is 119 cm³/mol. The molecular formula is C25H26N2O5. The van der Waals surface area contributed by atoms with Crippen LogP contribution in [0.4, 0.5) is 0 Å². The molecule has 0 unspecified atom stereocenters. The number of carbonyl (C=O) groups is 2.